The standard InChI is InChI=1S/C19H28N2O2S/c1-2-20-9-3-5-15(20)16-6-4-10-21(16)19(22)13-17-14-8-12-24-18(14)7-11-23-17/h8,12,15-17H,2-7,9-11,13H2,1H3. The van der Waals surface area contributed by atoms with Gasteiger partial charge in [0.2, 0.25) is 5.91 Å². The lowest BCUT2D eigenvalue weighted by atomic mass is 10.0. The molecule has 0 N–H and O–H groups in total. The van der Waals surface area contributed by atoms with Gasteiger partial charge in [-0.05, 0) is 55.8 Å². The monoisotopic (exact) mass is 348 g/mol. The maximum absolute atomic E-state index is 13.0. The van der Waals surface area contributed by atoms with Crippen LogP contribution in [0.4, 0.5) is 0 Å². The molecule has 1 amide bonds. The van der Waals surface area contributed by atoms with E-state index in [1.807, 2.05) is 0 Å². The summed E-state index contributed by atoms with van der Waals surface area (Å²) in [4.78, 5) is 19.2. The van der Waals surface area contributed by atoms with Gasteiger partial charge in [0.05, 0.1) is 19.1 Å². The van der Waals surface area contributed by atoms with Crippen LogP contribution in [-0.4, -0.2) is 54.0 Å². The number of rotatable bonds is 4. The van der Waals surface area contributed by atoms with Crippen molar-refractivity contribution in [1.82, 2.24) is 9.80 Å². The predicted molar refractivity (Wildman–Crippen MR) is 96.3 cm³/mol. The number of hydrogen-bond acceptors (Lipinski definition) is 4. The second-order valence-corrected chi connectivity index (χ2v) is 8.25. The normalized spacial score (nSPS) is 30.7. The molecule has 24 heavy (non-hydrogen) atoms. The molecule has 4 heterocycles. The van der Waals surface area contributed by atoms with Gasteiger partial charge in [-0.15, -0.1) is 11.3 Å². The Kier molecular flexibility index (Phi) is 4.93. The van der Waals surface area contributed by atoms with Crippen LogP contribution in [0.15, 0.2) is 11.4 Å². The Hall–Kier alpha value is -0.910. The van der Waals surface area contributed by atoms with Gasteiger partial charge >= 0.3 is 0 Å². The average molecular weight is 349 g/mol. The number of amides is 1. The lowest BCUT2D eigenvalue weighted by Gasteiger charge is -2.35. The van der Waals surface area contributed by atoms with E-state index in [4.69, 9.17) is 4.74 Å². The summed E-state index contributed by atoms with van der Waals surface area (Å²) in [6, 6.07) is 3.14. The molecule has 3 atom stereocenters. The molecule has 3 aliphatic rings. The van der Waals surface area contributed by atoms with Crippen LogP contribution in [0.1, 0.15) is 55.6 Å². The molecule has 0 aliphatic carbocycles. The van der Waals surface area contributed by atoms with Crippen LogP contribution in [0.5, 0.6) is 0 Å². The van der Waals surface area contributed by atoms with Crippen molar-refractivity contribution in [1.29, 1.82) is 0 Å². The molecule has 0 radical (unpaired) electrons. The molecule has 3 unspecified atom stereocenters. The summed E-state index contributed by atoms with van der Waals surface area (Å²) in [7, 11) is 0. The Bertz CT molecular complexity index is 588. The van der Waals surface area contributed by atoms with Gasteiger partial charge in [0.25, 0.3) is 0 Å². The summed E-state index contributed by atoms with van der Waals surface area (Å²) in [5.74, 6) is 0.296. The maximum Gasteiger partial charge on any atom is 0.225 e. The van der Waals surface area contributed by atoms with Crippen molar-refractivity contribution < 1.29 is 9.53 Å². The van der Waals surface area contributed by atoms with E-state index in [0.717, 1.165) is 32.5 Å². The molecular weight excluding hydrogens is 320 g/mol. The zero-order valence-corrected chi connectivity index (χ0v) is 15.4. The van der Waals surface area contributed by atoms with Crippen molar-refractivity contribution in [3.63, 3.8) is 0 Å². The smallest absolute Gasteiger partial charge is 0.225 e. The highest BCUT2D eigenvalue weighted by Gasteiger charge is 2.39. The van der Waals surface area contributed by atoms with Crippen LogP contribution in [-0.2, 0) is 16.0 Å². The minimum atomic E-state index is -0.0281. The quantitative estimate of drug-likeness (QED) is 0.837. The van der Waals surface area contributed by atoms with E-state index in [2.05, 4.69) is 28.2 Å². The van der Waals surface area contributed by atoms with E-state index >= 15 is 0 Å². The minimum absolute atomic E-state index is 0.0281. The van der Waals surface area contributed by atoms with Crippen molar-refractivity contribution in [2.24, 2.45) is 0 Å². The number of carbonyl (C=O) groups is 1. The third kappa shape index (κ3) is 3.02. The highest BCUT2D eigenvalue weighted by molar-refractivity contribution is 7.10. The summed E-state index contributed by atoms with van der Waals surface area (Å²) < 4.78 is 5.94. The van der Waals surface area contributed by atoms with Crippen LogP contribution in [0.3, 0.4) is 0 Å². The van der Waals surface area contributed by atoms with E-state index in [-0.39, 0.29) is 6.10 Å². The predicted octanol–water partition coefficient (Wildman–Crippen LogP) is 3.23. The Morgan fingerprint density at radius 1 is 1.29 bits per heavy atom. The largest absolute Gasteiger partial charge is 0.373 e. The van der Waals surface area contributed by atoms with Gasteiger partial charge in [-0.2, -0.15) is 0 Å². The van der Waals surface area contributed by atoms with Crippen LogP contribution in [0.2, 0.25) is 0 Å². The molecule has 2 fully saturated rings. The number of ether oxygens (including phenoxy) is 1. The molecule has 3 aliphatic heterocycles. The molecule has 1 aromatic heterocycles. The zero-order chi connectivity index (χ0) is 16.5. The highest BCUT2D eigenvalue weighted by atomic mass is 32.1. The molecule has 0 bridgehead atoms. The van der Waals surface area contributed by atoms with Gasteiger partial charge in [-0.25, -0.2) is 0 Å². The number of carbonyl (C=O) groups excluding carboxylic acids is 1. The van der Waals surface area contributed by atoms with Crippen LogP contribution >= 0.6 is 11.3 Å². The number of thiophene rings is 1. The summed E-state index contributed by atoms with van der Waals surface area (Å²) in [6.45, 7) is 6.23. The van der Waals surface area contributed by atoms with Gasteiger partial charge in [0.1, 0.15) is 0 Å². The molecule has 4 rings (SSSR count). The molecule has 0 saturated carbocycles. The topological polar surface area (TPSA) is 32.8 Å². The number of likely N-dealkylation sites (N-methyl/N-ethyl adjacent to an activating group) is 1. The van der Waals surface area contributed by atoms with Gasteiger partial charge in [-0.3, -0.25) is 9.69 Å². The van der Waals surface area contributed by atoms with Crippen LogP contribution < -0.4 is 0 Å². The van der Waals surface area contributed by atoms with Crippen molar-refractivity contribution in [3.05, 3.63) is 21.9 Å². The molecular formula is C19H28N2O2S. The first-order valence-corrected chi connectivity index (χ1v) is 10.4. The van der Waals surface area contributed by atoms with Crippen molar-refractivity contribution in [2.45, 2.75) is 63.6 Å². The summed E-state index contributed by atoms with van der Waals surface area (Å²) >= 11 is 1.80. The van der Waals surface area contributed by atoms with Crippen molar-refractivity contribution in [2.75, 3.05) is 26.2 Å². The Morgan fingerprint density at radius 2 is 2.12 bits per heavy atom. The molecule has 5 heteroatoms. The van der Waals surface area contributed by atoms with Gasteiger partial charge in [-0.1, -0.05) is 6.92 Å². The third-order valence-electron chi connectivity index (χ3n) is 6.02. The molecule has 0 spiro atoms. The highest BCUT2D eigenvalue weighted by Crippen LogP contribution is 2.35. The number of likely N-dealkylation sites (tertiary alicyclic amines) is 2. The second-order valence-electron chi connectivity index (χ2n) is 7.25. The SMILES string of the molecule is CCN1CCCC1C1CCCN1C(=O)CC1OCCc2sccc21. The van der Waals surface area contributed by atoms with Gasteiger partial charge in [0.15, 0.2) is 0 Å². The van der Waals surface area contributed by atoms with Gasteiger partial charge < -0.3 is 9.64 Å². The summed E-state index contributed by atoms with van der Waals surface area (Å²) in [5.41, 5.74) is 1.26. The second kappa shape index (κ2) is 7.14. The fraction of sp³-hybridized carbons (Fsp3) is 0.737. The van der Waals surface area contributed by atoms with E-state index < -0.39 is 0 Å². The average Bonchev–Trinajstić information content (AvgIpc) is 3.33. The fourth-order valence-electron chi connectivity index (χ4n) is 4.85. The van der Waals surface area contributed by atoms with Crippen molar-refractivity contribution in [3.8, 4) is 0 Å². The minimum Gasteiger partial charge on any atom is -0.373 e. The lowest BCUT2D eigenvalue weighted by Crippen LogP contribution is -2.48. The van der Waals surface area contributed by atoms with E-state index in [1.165, 1.54) is 36.2 Å². The van der Waals surface area contributed by atoms with Crippen LogP contribution in [0, 0.1) is 0 Å². The fourth-order valence-corrected chi connectivity index (χ4v) is 5.77. The van der Waals surface area contributed by atoms with E-state index in [0.29, 0.717) is 24.4 Å². The third-order valence-corrected chi connectivity index (χ3v) is 7.02. The maximum atomic E-state index is 13.0. The Balaban J connectivity index is 1.44. The number of hydrogen-bond donors (Lipinski definition) is 0. The number of fused-ring (bicyclic) bond motifs is 1. The lowest BCUT2D eigenvalue weighted by molar-refractivity contribution is -0.136. The zero-order valence-electron chi connectivity index (χ0n) is 14.6. The Morgan fingerprint density at radius 3 is 3.00 bits per heavy atom. The number of nitrogens with zero attached hydrogens (tertiary/aromatic N) is 2. The summed E-state index contributed by atoms with van der Waals surface area (Å²) in [5, 5.41) is 2.13. The molecule has 132 valence electrons. The van der Waals surface area contributed by atoms with Gasteiger partial charge in [0, 0.05) is 29.9 Å². The first-order valence-electron chi connectivity index (χ1n) is 9.49. The molecule has 2 saturated heterocycles. The molecule has 0 aromatic carbocycles. The first-order chi connectivity index (χ1) is 11.8. The summed E-state index contributed by atoms with van der Waals surface area (Å²) in [6.07, 6.45) is 6.33. The van der Waals surface area contributed by atoms with E-state index in [9.17, 15) is 4.79 Å². The van der Waals surface area contributed by atoms with Crippen LogP contribution in [0.25, 0.3) is 0 Å². The Labute approximate surface area is 148 Å². The molecule has 4 nitrogen and oxygen atoms in total. The van der Waals surface area contributed by atoms with E-state index in [1.54, 1.807) is 11.3 Å². The molecule has 1 aromatic rings. The van der Waals surface area contributed by atoms with Crippen molar-refractivity contribution >= 4 is 17.2 Å². The first kappa shape index (κ1) is 16.6.